The van der Waals surface area contributed by atoms with Gasteiger partial charge in [0.25, 0.3) is 0 Å². The van der Waals surface area contributed by atoms with Crippen molar-refractivity contribution in [3.05, 3.63) is 71.7 Å². The van der Waals surface area contributed by atoms with Crippen molar-refractivity contribution in [1.82, 2.24) is 5.16 Å². The van der Waals surface area contributed by atoms with Crippen LogP contribution in [0.25, 0.3) is 11.3 Å². The molecule has 23 heavy (non-hydrogen) atoms. The molecule has 116 valence electrons. The summed E-state index contributed by atoms with van der Waals surface area (Å²) in [6, 6.07) is 15.4. The Labute approximate surface area is 132 Å². The fraction of sp³-hybridized carbons (Fsp3) is 0.111. The van der Waals surface area contributed by atoms with Gasteiger partial charge >= 0.3 is 0 Å². The lowest BCUT2D eigenvalue weighted by Crippen LogP contribution is -2.14. The summed E-state index contributed by atoms with van der Waals surface area (Å²) in [5, 5.41) is 6.63. The summed E-state index contributed by atoms with van der Waals surface area (Å²) < 4.78 is 18.8. The number of anilines is 1. The number of nitrogens with one attached hydrogen (secondary N) is 1. The topological polar surface area (TPSA) is 55.1 Å². The Bertz CT molecular complexity index is 842. The van der Waals surface area contributed by atoms with Crippen molar-refractivity contribution in [3.8, 4) is 11.3 Å². The SMILES string of the molecule is Cc1cccc(NC(=O)Cc2cc(-c3ccccc3F)on2)c1. The van der Waals surface area contributed by atoms with Gasteiger partial charge in [-0.2, -0.15) is 0 Å². The van der Waals surface area contributed by atoms with Crippen LogP contribution in [-0.4, -0.2) is 11.1 Å². The van der Waals surface area contributed by atoms with Crippen LogP contribution >= 0.6 is 0 Å². The molecule has 0 atom stereocenters. The summed E-state index contributed by atoms with van der Waals surface area (Å²) in [4.78, 5) is 12.0. The summed E-state index contributed by atoms with van der Waals surface area (Å²) in [6.07, 6.45) is 0.0614. The Morgan fingerprint density at radius 3 is 2.78 bits per heavy atom. The van der Waals surface area contributed by atoms with Gasteiger partial charge in [0.1, 0.15) is 5.82 Å². The second-order valence-electron chi connectivity index (χ2n) is 5.26. The molecule has 1 aromatic heterocycles. The van der Waals surface area contributed by atoms with Gasteiger partial charge in [0.05, 0.1) is 17.7 Å². The molecule has 0 aliphatic rings. The highest BCUT2D eigenvalue weighted by Crippen LogP contribution is 2.23. The molecule has 0 spiro atoms. The van der Waals surface area contributed by atoms with Gasteiger partial charge in [0.15, 0.2) is 5.76 Å². The predicted molar refractivity (Wildman–Crippen MR) is 85.4 cm³/mol. The normalized spacial score (nSPS) is 10.5. The van der Waals surface area contributed by atoms with Crippen molar-refractivity contribution >= 4 is 11.6 Å². The molecule has 1 N–H and O–H groups in total. The van der Waals surface area contributed by atoms with Crippen LogP contribution < -0.4 is 5.32 Å². The van der Waals surface area contributed by atoms with E-state index in [0.29, 0.717) is 17.0 Å². The van der Waals surface area contributed by atoms with Crippen LogP contribution in [0.2, 0.25) is 0 Å². The van der Waals surface area contributed by atoms with E-state index in [9.17, 15) is 9.18 Å². The van der Waals surface area contributed by atoms with Crippen LogP contribution in [0, 0.1) is 12.7 Å². The van der Waals surface area contributed by atoms with Crippen molar-refractivity contribution in [1.29, 1.82) is 0 Å². The standard InChI is InChI=1S/C18H15FN2O2/c1-12-5-4-6-13(9-12)20-18(22)11-14-10-17(23-21-14)15-7-2-3-8-16(15)19/h2-10H,11H2,1H3,(H,20,22). The first-order valence-electron chi connectivity index (χ1n) is 7.19. The zero-order valence-electron chi connectivity index (χ0n) is 12.5. The van der Waals surface area contributed by atoms with Gasteiger partial charge in [0.2, 0.25) is 5.91 Å². The Kier molecular flexibility index (Phi) is 4.19. The average molecular weight is 310 g/mol. The van der Waals surface area contributed by atoms with Crippen LogP contribution in [0.5, 0.6) is 0 Å². The van der Waals surface area contributed by atoms with Crippen molar-refractivity contribution in [2.75, 3.05) is 5.32 Å². The third-order valence-electron chi connectivity index (χ3n) is 3.34. The first kappa shape index (κ1) is 15.0. The number of amides is 1. The second-order valence-corrected chi connectivity index (χ2v) is 5.26. The van der Waals surface area contributed by atoms with Crippen LogP contribution in [0.15, 0.2) is 59.1 Å². The molecule has 0 aliphatic carbocycles. The molecule has 1 heterocycles. The fourth-order valence-corrected chi connectivity index (χ4v) is 2.28. The first-order chi connectivity index (χ1) is 11.1. The Balaban J connectivity index is 1.69. The molecular formula is C18H15FN2O2. The molecule has 4 nitrogen and oxygen atoms in total. The minimum absolute atomic E-state index is 0.0614. The van der Waals surface area contributed by atoms with Crippen molar-refractivity contribution in [2.24, 2.45) is 0 Å². The predicted octanol–water partition coefficient (Wildman–Crippen LogP) is 3.97. The Morgan fingerprint density at radius 1 is 1.17 bits per heavy atom. The van der Waals surface area contributed by atoms with Crippen molar-refractivity contribution < 1.29 is 13.7 Å². The van der Waals surface area contributed by atoms with Gasteiger partial charge in [-0.1, -0.05) is 29.4 Å². The lowest BCUT2D eigenvalue weighted by atomic mass is 10.1. The van der Waals surface area contributed by atoms with Crippen molar-refractivity contribution in [3.63, 3.8) is 0 Å². The zero-order valence-corrected chi connectivity index (χ0v) is 12.5. The molecule has 3 rings (SSSR count). The Morgan fingerprint density at radius 2 is 2.00 bits per heavy atom. The van der Waals surface area contributed by atoms with E-state index in [1.54, 1.807) is 24.3 Å². The average Bonchev–Trinajstić information content (AvgIpc) is 2.95. The summed E-state index contributed by atoms with van der Waals surface area (Å²) >= 11 is 0. The molecule has 0 radical (unpaired) electrons. The first-order valence-corrected chi connectivity index (χ1v) is 7.19. The van der Waals surface area contributed by atoms with Crippen LogP contribution in [-0.2, 0) is 11.2 Å². The van der Waals surface area contributed by atoms with Gasteiger partial charge in [-0.15, -0.1) is 0 Å². The highest BCUT2D eigenvalue weighted by atomic mass is 19.1. The summed E-state index contributed by atoms with van der Waals surface area (Å²) in [5.74, 6) is -0.287. The number of benzene rings is 2. The highest BCUT2D eigenvalue weighted by molar-refractivity contribution is 5.92. The van der Waals surface area contributed by atoms with E-state index < -0.39 is 0 Å². The highest BCUT2D eigenvalue weighted by Gasteiger charge is 2.13. The third kappa shape index (κ3) is 3.63. The smallest absolute Gasteiger partial charge is 0.230 e. The number of carbonyl (C=O) groups is 1. The number of hydrogen-bond acceptors (Lipinski definition) is 3. The number of aromatic nitrogens is 1. The van der Waals surface area contributed by atoms with E-state index in [2.05, 4.69) is 10.5 Å². The number of halogens is 1. The molecule has 0 unspecified atom stereocenters. The maximum absolute atomic E-state index is 13.7. The van der Waals surface area contributed by atoms with Gasteiger partial charge in [-0.3, -0.25) is 4.79 Å². The van der Waals surface area contributed by atoms with Gasteiger partial charge in [-0.05, 0) is 36.8 Å². The molecule has 0 bridgehead atoms. The molecule has 2 aromatic carbocycles. The molecule has 1 amide bonds. The molecule has 5 heteroatoms. The minimum atomic E-state index is -0.389. The van der Waals surface area contributed by atoms with Crippen LogP contribution in [0.3, 0.4) is 0 Å². The minimum Gasteiger partial charge on any atom is -0.356 e. The quantitative estimate of drug-likeness (QED) is 0.793. The van der Waals surface area contributed by atoms with Crippen LogP contribution in [0.1, 0.15) is 11.3 Å². The van der Waals surface area contributed by atoms with Crippen LogP contribution in [0.4, 0.5) is 10.1 Å². The zero-order chi connectivity index (χ0) is 16.2. The van der Waals surface area contributed by atoms with Gasteiger partial charge in [0, 0.05) is 11.8 Å². The number of nitrogens with zero attached hydrogens (tertiary/aromatic N) is 1. The van der Waals surface area contributed by atoms with Gasteiger partial charge in [-0.25, -0.2) is 4.39 Å². The molecule has 0 aliphatic heterocycles. The Hall–Kier alpha value is -2.95. The van der Waals surface area contributed by atoms with E-state index in [1.807, 2.05) is 31.2 Å². The molecule has 0 saturated heterocycles. The number of hydrogen-bond donors (Lipinski definition) is 1. The fourth-order valence-electron chi connectivity index (χ4n) is 2.28. The summed E-state index contributed by atoms with van der Waals surface area (Å²) in [6.45, 7) is 1.95. The molecular weight excluding hydrogens is 295 g/mol. The van der Waals surface area contributed by atoms with E-state index in [0.717, 1.165) is 11.3 Å². The lowest BCUT2D eigenvalue weighted by Gasteiger charge is -2.04. The third-order valence-corrected chi connectivity index (χ3v) is 3.34. The maximum Gasteiger partial charge on any atom is 0.230 e. The largest absolute Gasteiger partial charge is 0.356 e. The molecule has 3 aromatic rings. The lowest BCUT2D eigenvalue weighted by molar-refractivity contribution is -0.115. The summed E-state index contributed by atoms with van der Waals surface area (Å²) in [7, 11) is 0. The van der Waals surface area contributed by atoms with E-state index in [4.69, 9.17) is 4.52 Å². The van der Waals surface area contributed by atoms with Gasteiger partial charge < -0.3 is 9.84 Å². The van der Waals surface area contributed by atoms with E-state index in [1.165, 1.54) is 6.07 Å². The number of aryl methyl sites for hydroxylation is 1. The number of rotatable bonds is 4. The van der Waals surface area contributed by atoms with Crippen molar-refractivity contribution in [2.45, 2.75) is 13.3 Å². The number of carbonyl (C=O) groups excluding carboxylic acids is 1. The molecule has 0 saturated carbocycles. The van der Waals surface area contributed by atoms with E-state index >= 15 is 0 Å². The second kappa shape index (κ2) is 6.44. The molecule has 0 fully saturated rings. The summed E-state index contributed by atoms with van der Waals surface area (Å²) in [5.41, 5.74) is 2.57. The monoisotopic (exact) mass is 310 g/mol. The maximum atomic E-state index is 13.7. The van der Waals surface area contributed by atoms with E-state index in [-0.39, 0.29) is 18.1 Å².